The molecule has 2 aromatic rings. The van der Waals surface area contributed by atoms with E-state index in [0.717, 1.165) is 42.0 Å². The number of nitrogens with zero attached hydrogens (tertiary/aromatic N) is 3. The van der Waals surface area contributed by atoms with E-state index in [1.165, 1.54) is 0 Å². The molecular weight excluding hydrogens is 454 g/mol. The van der Waals surface area contributed by atoms with Crippen molar-refractivity contribution >= 4 is 29.2 Å². The van der Waals surface area contributed by atoms with Crippen LogP contribution in [0, 0.1) is 5.92 Å². The van der Waals surface area contributed by atoms with Crippen molar-refractivity contribution in [2.45, 2.75) is 32.2 Å². The van der Waals surface area contributed by atoms with Gasteiger partial charge in [-0.05, 0) is 67.8 Å². The molecule has 34 heavy (non-hydrogen) atoms. The number of hydrogen-bond acceptors (Lipinski definition) is 6. The van der Waals surface area contributed by atoms with E-state index in [1.807, 2.05) is 60.4 Å². The van der Waals surface area contributed by atoms with Gasteiger partial charge in [0.1, 0.15) is 5.75 Å². The average Bonchev–Trinajstić information content (AvgIpc) is 3.30. The van der Waals surface area contributed by atoms with E-state index in [2.05, 4.69) is 0 Å². The summed E-state index contributed by atoms with van der Waals surface area (Å²) in [6.07, 6.45) is 2.20. The van der Waals surface area contributed by atoms with Gasteiger partial charge in [-0.2, -0.15) is 5.10 Å². The number of likely N-dealkylation sites (tertiary alicyclic amines) is 1. The quantitative estimate of drug-likeness (QED) is 0.549. The standard InChI is InChI=1S/C26H30ClN3O4/c1-3-34-26(32)19-7-6-14-29(16-19)17-25(31)30-24(21-8-4-5-9-22(21)27)15-23(28-30)18-10-12-20(33-2)13-11-18/h4-5,8-13,19,24H,3,6-7,14-17H2,1-2H3. The zero-order chi connectivity index (χ0) is 24.1. The van der Waals surface area contributed by atoms with Gasteiger partial charge in [-0.1, -0.05) is 29.8 Å². The molecule has 0 aromatic heterocycles. The van der Waals surface area contributed by atoms with Crippen molar-refractivity contribution in [1.29, 1.82) is 0 Å². The molecule has 2 atom stereocenters. The first kappa shape index (κ1) is 24.2. The van der Waals surface area contributed by atoms with Crippen LogP contribution in [0.15, 0.2) is 53.6 Å². The van der Waals surface area contributed by atoms with E-state index in [4.69, 9.17) is 26.2 Å². The molecule has 0 aliphatic carbocycles. The number of esters is 1. The van der Waals surface area contributed by atoms with Crippen LogP contribution in [0.1, 0.15) is 43.4 Å². The zero-order valence-electron chi connectivity index (χ0n) is 19.6. The lowest BCUT2D eigenvalue weighted by atomic mass is 9.97. The summed E-state index contributed by atoms with van der Waals surface area (Å²) in [5, 5.41) is 6.92. The van der Waals surface area contributed by atoms with Crippen molar-refractivity contribution in [3.05, 3.63) is 64.7 Å². The topological polar surface area (TPSA) is 71.4 Å². The molecule has 0 bridgehead atoms. The summed E-state index contributed by atoms with van der Waals surface area (Å²) in [6.45, 7) is 3.65. The van der Waals surface area contributed by atoms with Gasteiger partial charge in [-0.15, -0.1) is 0 Å². The van der Waals surface area contributed by atoms with E-state index in [9.17, 15) is 9.59 Å². The lowest BCUT2D eigenvalue weighted by Crippen LogP contribution is -2.44. The molecule has 0 radical (unpaired) electrons. The summed E-state index contributed by atoms with van der Waals surface area (Å²) in [6, 6.07) is 15.0. The molecule has 0 saturated carbocycles. The highest BCUT2D eigenvalue weighted by Crippen LogP contribution is 2.36. The van der Waals surface area contributed by atoms with E-state index in [1.54, 1.807) is 12.1 Å². The Morgan fingerprint density at radius 3 is 2.62 bits per heavy atom. The van der Waals surface area contributed by atoms with Gasteiger partial charge in [0.15, 0.2) is 0 Å². The Balaban J connectivity index is 1.55. The lowest BCUT2D eigenvalue weighted by Gasteiger charge is -2.32. The van der Waals surface area contributed by atoms with Gasteiger partial charge < -0.3 is 9.47 Å². The van der Waals surface area contributed by atoms with Crippen molar-refractivity contribution in [1.82, 2.24) is 9.91 Å². The van der Waals surface area contributed by atoms with Crippen LogP contribution in [0.4, 0.5) is 0 Å². The fourth-order valence-corrected chi connectivity index (χ4v) is 4.86. The van der Waals surface area contributed by atoms with Crippen LogP contribution in [0.25, 0.3) is 0 Å². The Morgan fingerprint density at radius 2 is 1.91 bits per heavy atom. The van der Waals surface area contributed by atoms with Gasteiger partial charge in [-0.25, -0.2) is 5.01 Å². The van der Waals surface area contributed by atoms with Gasteiger partial charge in [0, 0.05) is 18.0 Å². The predicted molar refractivity (Wildman–Crippen MR) is 131 cm³/mol. The number of ether oxygens (including phenoxy) is 2. The van der Waals surface area contributed by atoms with E-state index in [-0.39, 0.29) is 30.4 Å². The maximum atomic E-state index is 13.5. The van der Waals surface area contributed by atoms with Gasteiger partial charge in [0.25, 0.3) is 5.91 Å². The van der Waals surface area contributed by atoms with Crippen LogP contribution in [-0.4, -0.2) is 60.8 Å². The minimum atomic E-state index is -0.288. The largest absolute Gasteiger partial charge is 0.497 e. The Labute approximate surface area is 205 Å². The second-order valence-corrected chi connectivity index (χ2v) is 8.99. The number of methoxy groups -OCH3 is 1. The summed E-state index contributed by atoms with van der Waals surface area (Å²) < 4.78 is 10.5. The highest BCUT2D eigenvalue weighted by Gasteiger charge is 2.36. The summed E-state index contributed by atoms with van der Waals surface area (Å²) in [5.41, 5.74) is 2.63. The number of carbonyl (C=O) groups is 2. The SMILES string of the molecule is CCOC(=O)C1CCCN(CC(=O)N2N=C(c3ccc(OC)cc3)CC2c2ccccc2Cl)C1. The summed E-state index contributed by atoms with van der Waals surface area (Å²) >= 11 is 6.52. The summed E-state index contributed by atoms with van der Waals surface area (Å²) in [5.74, 6) is 0.268. The van der Waals surface area contributed by atoms with Gasteiger partial charge >= 0.3 is 5.97 Å². The Bertz CT molecular complexity index is 1060. The van der Waals surface area contributed by atoms with Crippen LogP contribution in [0.2, 0.25) is 5.02 Å². The second-order valence-electron chi connectivity index (χ2n) is 8.58. The normalized spacial score (nSPS) is 20.7. The number of carbonyl (C=O) groups excluding carboxylic acids is 2. The summed E-state index contributed by atoms with van der Waals surface area (Å²) in [7, 11) is 1.63. The first-order valence-corrected chi connectivity index (χ1v) is 12.0. The Kier molecular flexibility index (Phi) is 7.85. The smallest absolute Gasteiger partial charge is 0.310 e. The molecule has 180 valence electrons. The molecule has 0 N–H and O–H groups in total. The molecule has 8 heteroatoms. The first-order chi connectivity index (χ1) is 16.5. The minimum Gasteiger partial charge on any atom is -0.497 e. The number of benzene rings is 2. The summed E-state index contributed by atoms with van der Waals surface area (Å²) in [4.78, 5) is 27.7. The van der Waals surface area contributed by atoms with Crippen LogP contribution < -0.4 is 4.74 Å². The molecule has 2 unspecified atom stereocenters. The molecule has 1 saturated heterocycles. The van der Waals surface area contributed by atoms with Crippen LogP contribution >= 0.6 is 11.6 Å². The third-order valence-electron chi connectivity index (χ3n) is 6.34. The second kappa shape index (κ2) is 11.0. The first-order valence-electron chi connectivity index (χ1n) is 11.7. The van der Waals surface area contributed by atoms with E-state index >= 15 is 0 Å². The van der Waals surface area contributed by atoms with Crippen LogP contribution in [0.5, 0.6) is 5.75 Å². The number of piperidine rings is 1. The molecule has 1 fully saturated rings. The highest BCUT2D eigenvalue weighted by atomic mass is 35.5. The fourth-order valence-electron chi connectivity index (χ4n) is 4.60. The number of amides is 1. The monoisotopic (exact) mass is 483 g/mol. The minimum absolute atomic E-state index is 0.113. The zero-order valence-corrected chi connectivity index (χ0v) is 20.3. The van der Waals surface area contributed by atoms with Crippen molar-refractivity contribution in [2.24, 2.45) is 11.0 Å². The Morgan fingerprint density at radius 1 is 1.15 bits per heavy atom. The lowest BCUT2D eigenvalue weighted by molar-refractivity contribution is -0.150. The number of hydrogen-bond donors (Lipinski definition) is 0. The molecule has 7 nitrogen and oxygen atoms in total. The van der Waals surface area contributed by atoms with Crippen molar-refractivity contribution in [3.63, 3.8) is 0 Å². The predicted octanol–water partition coefficient (Wildman–Crippen LogP) is 4.30. The van der Waals surface area contributed by atoms with E-state index < -0.39 is 0 Å². The molecule has 2 aromatic carbocycles. The van der Waals surface area contributed by atoms with Crippen LogP contribution in [0.3, 0.4) is 0 Å². The number of hydrazone groups is 1. The highest BCUT2D eigenvalue weighted by molar-refractivity contribution is 6.31. The van der Waals surface area contributed by atoms with Crippen molar-refractivity contribution in [3.8, 4) is 5.75 Å². The maximum absolute atomic E-state index is 13.5. The third kappa shape index (κ3) is 5.42. The number of rotatable bonds is 7. The van der Waals surface area contributed by atoms with Gasteiger partial charge in [-0.3, -0.25) is 14.5 Å². The molecule has 1 amide bonds. The van der Waals surface area contributed by atoms with Crippen molar-refractivity contribution < 1.29 is 19.1 Å². The molecule has 2 heterocycles. The molecular formula is C26H30ClN3O4. The number of halogens is 1. The fraction of sp³-hybridized carbons (Fsp3) is 0.423. The molecule has 2 aliphatic rings. The van der Waals surface area contributed by atoms with Crippen LogP contribution in [-0.2, 0) is 14.3 Å². The average molecular weight is 484 g/mol. The Hall–Kier alpha value is -2.90. The van der Waals surface area contributed by atoms with Gasteiger partial charge in [0.05, 0.1) is 37.9 Å². The third-order valence-corrected chi connectivity index (χ3v) is 6.68. The van der Waals surface area contributed by atoms with E-state index in [0.29, 0.717) is 24.6 Å². The van der Waals surface area contributed by atoms with Crippen molar-refractivity contribution in [2.75, 3.05) is 33.4 Å². The maximum Gasteiger partial charge on any atom is 0.310 e. The molecule has 2 aliphatic heterocycles. The molecule has 4 rings (SSSR count). The molecule has 0 spiro atoms. The van der Waals surface area contributed by atoms with Gasteiger partial charge in [0.2, 0.25) is 0 Å².